The van der Waals surface area contributed by atoms with Crippen molar-refractivity contribution in [2.45, 2.75) is 13.5 Å². The number of aromatic nitrogens is 2. The number of hydrogen-bond acceptors (Lipinski definition) is 3. The van der Waals surface area contributed by atoms with Crippen molar-refractivity contribution in [3.05, 3.63) is 53.9 Å². The van der Waals surface area contributed by atoms with Crippen LogP contribution in [0.3, 0.4) is 0 Å². The predicted octanol–water partition coefficient (Wildman–Crippen LogP) is 2.50. The standard InChI is InChI=1S/C12H11FN2O/c1-9-7-10(13)3-4-11(9)16-8-12-14-5-2-6-15-12/h2-7H,8H2,1H3. The molecule has 0 radical (unpaired) electrons. The molecule has 1 aromatic heterocycles. The van der Waals surface area contributed by atoms with E-state index in [1.54, 1.807) is 31.5 Å². The fourth-order valence-electron chi connectivity index (χ4n) is 1.32. The molecule has 1 aromatic carbocycles. The highest BCUT2D eigenvalue weighted by molar-refractivity contribution is 5.32. The van der Waals surface area contributed by atoms with E-state index in [0.717, 1.165) is 5.56 Å². The Hall–Kier alpha value is -1.97. The van der Waals surface area contributed by atoms with Crippen LogP contribution in [0.15, 0.2) is 36.7 Å². The summed E-state index contributed by atoms with van der Waals surface area (Å²) in [6.45, 7) is 2.08. The number of ether oxygens (including phenoxy) is 1. The van der Waals surface area contributed by atoms with E-state index in [4.69, 9.17) is 4.74 Å². The summed E-state index contributed by atoms with van der Waals surface area (Å²) in [5.41, 5.74) is 0.760. The van der Waals surface area contributed by atoms with Gasteiger partial charge in [0, 0.05) is 12.4 Å². The van der Waals surface area contributed by atoms with Gasteiger partial charge in [0.2, 0.25) is 0 Å². The van der Waals surface area contributed by atoms with Crippen molar-refractivity contribution in [3.63, 3.8) is 0 Å². The summed E-state index contributed by atoms with van der Waals surface area (Å²) in [6, 6.07) is 6.15. The molecule has 0 saturated heterocycles. The first kappa shape index (κ1) is 10.5. The van der Waals surface area contributed by atoms with Crippen LogP contribution in [0, 0.1) is 12.7 Å². The fraction of sp³-hybridized carbons (Fsp3) is 0.167. The third-order valence-electron chi connectivity index (χ3n) is 2.11. The lowest BCUT2D eigenvalue weighted by Gasteiger charge is -2.07. The molecule has 0 aliphatic carbocycles. The Morgan fingerprint density at radius 1 is 1.25 bits per heavy atom. The molecule has 4 heteroatoms. The normalized spacial score (nSPS) is 10.1. The quantitative estimate of drug-likeness (QED) is 0.793. The number of hydrogen-bond donors (Lipinski definition) is 0. The summed E-state index contributed by atoms with van der Waals surface area (Å²) in [4.78, 5) is 8.06. The van der Waals surface area contributed by atoms with Gasteiger partial charge in [-0.05, 0) is 36.8 Å². The molecule has 0 amide bonds. The molecule has 0 bridgehead atoms. The van der Waals surface area contributed by atoms with E-state index in [0.29, 0.717) is 11.6 Å². The molecule has 0 saturated carbocycles. The summed E-state index contributed by atoms with van der Waals surface area (Å²) in [6.07, 6.45) is 3.31. The largest absolute Gasteiger partial charge is 0.485 e. The first-order valence-corrected chi connectivity index (χ1v) is 4.90. The average molecular weight is 218 g/mol. The highest BCUT2D eigenvalue weighted by atomic mass is 19.1. The molecule has 16 heavy (non-hydrogen) atoms. The first-order valence-electron chi connectivity index (χ1n) is 4.90. The van der Waals surface area contributed by atoms with Crippen LogP contribution in [0.1, 0.15) is 11.4 Å². The third kappa shape index (κ3) is 2.53. The Labute approximate surface area is 92.9 Å². The molecule has 0 spiro atoms. The second-order valence-electron chi connectivity index (χ2n) is 3.36. The van der Waals surface area contributed by atoms with Crippen LogP contribution in [-0.4, -0.2) is 9.97 Å². The Bertz CT molecular complexity index is 474. The molecule has 82 valence electrons. The highest BCUT2D eigenvalue weighted by Gasteiger charge is 2.02. The van der Waals surface area contributed by atoms with Crippen LogP contribution in [0.25, 0.3) is 0 Å². The van der Waals surface area contributed by atoms with E-state index >= 15 is 0 Å². The van der Waals surface area contributed by atoms with Crippen molar-refractivity contribution >= 4 is 0 Å². The lowest BCUT2D eigenvalue weighted by Crippen LogP contribution is -2.01. The van der Waals surface area contributed by atoms with Gasteiger partial charge in [-0.1, -0.05) is 0 Å². The van der Waals surface area contributed by atoms with Crippen LogP contribution in [0.4, 0.5) is 4.39 Å². The number of benzene rings is 1. The maximum absolute atomic E-state index is 12.8. The molecular formula is C12H11FN2O. The number of aryl methyl sites for hydroxylation is 1. The lowest BCUT2D eigenvalue weighted by atomic mass is 10.2. The number of rotatable bonds is 3. The van der Waals surface area contributed by atoms with E-state index in [1.165, 1.54) is 12.1 Å². The van der Waals surface area contributed by atoms with E-state index in [9.17, 15) is 4.39 Å². The summed E-state index contributed by atoms with van der Waals surface area (Å²) in [5.74, 6) is 0.987. The molecule has 1 heterocycles. The van der Waals surface area contributed by atoms with Crippen LogP contribution in [0.2, 0.25) is 0 Å². The summed E-state index contributed by atoms with van der Waals surface area (Å²) >= 11 is 0. The number of halogens is 1. The van der Waals surface area contributed by atoms with Crippen molar-refractivity contribution in [1.82, 2.24) is 9.97 Å². The van der Waals surface area contributed by atoms with Gasteiger partial charge in [-0.25, -0.2) is 14.4 Å². The van der Waals surface area contributed by atoms with Crippen molar-refractivity contribution in [2.24, 2.45) is 0 Å². The Kier molecular flexibility index (Phi) is 3.10. The molecule has 0 N–H and O–H groups in total. The second kappa shape index (κ2) is 4.70. The van der Waals surface area contributed by atoms with Gasteiger partial charge in [-0.2, -0.15) is 0 Å². The minimum atomic E-state index is -0.263. The van der Waals surface area contributed by atoms with Crippen molar-refractivity contribution in [3.8, 4) is 5.75 Å². The van der Waals surface area contributed by atoms with Crippen LogP contribution in [0.5, 0.6) is 5.75 Å². The SMILES string of the molecule is Cc1cc(F)ccc1OCc1ncccn1. The predicted molar refractivity (Wildman–Crippen MR) is 57.5 cm³/mol. The van der Waals surface area contributed by atoms with Crippen LogP contribution < -0.4 is 4.74 Å². The van der Waals surface area contributed by atoms with Gasteiger partial charge in [0.25, 0.3) is 0 Å². The van der Waals surface area contributed by atoms with Gasteiger partial charge in [-0.3, -0.25) is 0 Å². The van der Waals surface area contributed by atoms with Gasteiger partial charge in [-0.15, -0.1) is 0 Å². The molecule has 2 rings (SSSR count). The molecule has 0 atom stereocenters. The van der Waals surface area contributed by atoms with Crippen LogP contribution >= 0.6 is 0 Å². The summed E-state index contributed by atoms with van der Waals surface area (Å²) < 4.78 is 18.3. The Balaban J connectivity index is 2.05. The zero-order valence-electron chi connectivity index (χ0n) is 8.85. The lowest BCUT2D eigenvalue weighted by molar-refractivity contribution is 0.293. The molecule has 0 fully saturated rings. The highest BCUT2D eigenvalue weighted by Crippen LogP contribution is 2.18. The van der Waals surface area contributed by atoms with Crippen molar-refractivity contribution in [2.75, 3.05) is 0 Å². The van der Waals surface area contributed by atoms with Gasteiger partial charge < -0.3 is 4.74 Å². The topological polar surface area (TPSA) is 35.0 Å². The van der Waals surface area contributed by atoms with Crippen LogP contribution in [-0.2, 0) is 6.61 Å². The first-order chi connectivity index (χ1) is 7.75. The maximum Gasteiger partial charge on any atom is 0.166 e. The Morgan fingerprint density at radius 3 is 2.69 bits per heavy atom. The van der Waals surface area contributed by atoms with Crippen molar-refractivity contribution < 1.29 is 9.13 Å². The van der Waals surface area contributed by atoms with E-state index in [-0.39, 0.29) is 12.4 Å². The molecule has 0 aliphatic rings. The smallest absolute Gasteiger partial charge is 0.166 e. The van der Waals surface area contributed by atoms with Gasteiger partial charge in [0.1, 0.15) is 18.2 Å². The average Bonchev–Trinajstić information content (AvgIpc) is 2.29. The number of nitrogens with zero attached hydrogens (tertiary/aromatic N) is 2. The molecule has 3 nitrogen and oxygen atoms in total. The minimum Gasteiger partial charge on any atom is -0.485 e. The van der Waals surface area contributed by atoms with Crippen molar-refractivity contribution in [1.29, 1.82) is 0 Å². The summed E-state index contributed by atoms with van der Waals surface area (Å²) in [7, 11) is 0. The monoisotopic (exact) mass is 218 g/mol. The van der Waals surface area contributed by atoms with E-state index < -0.39 is 0 Å². The third-order valence-corrected chi connectivity index (χ3v) is 2.11. The molecular weight excluding hydrogens is 207 g/mol. The zero-order chi connectivity index (χ0) is 11.4. The van der Waals surface area contributed by atoms with Gasteiger partial charge >= 0.3 is 0 Å². The Morgan fingerprint density at radius 2 is 2.00 bits per heavy atom. The zero-order valence-corrected chi connectivity index (χ0v) is 8.85. The maximum atomic E-state index is 12.8. The van der Waals surface area contributed by atoms with E-state index in [1.807, 2.05) is 0 Å². The molecule has 2 aromatic rings. The van der Waals surface area contributed by atoms with Gasteiger partial charge in [0.15, 0.2) is 5.82 Å². The molecule has 0 aliphatic heterocycles. The van der Waals surface area contributed by atoms with Gasteiger partial charge in [0.05, 0.1) is 0 Å². The van der Waals surface area contributed by atoms with E-state index in [2.05, 4.69) is 9.97 Å². The molecule has 0 unspecified atom stereocenters. The summed E-state index contributed by atoms with van der Waals surface area (Å²) in [5, 5.41) is 0. The second-order valence-corrected chi connectivity index (χ2v) is 3.36. The minimum absolute atomic E-state index is 0.263. The fourth-order valence-corrected chi connectivity index (χ4v) is 1.32.